The molecule has 0 radical (unpaired) electrons. The van der Waals surface area contributed by atoms with Crippen LogP contribution < -0.4 is 0 Å². The van der Waals surface area contributed by atoms with Gasteiger partial charge in [-0.1, -0.05) is 30.7 Å². The minimum absolute atomic E-state index is 0.0648. The van der Waals surface area contributed by atoms with Crippen LogP contribution in [-0.2, 0) is 11.3 Å². The molecule has 0 aliphatic carbocycles. The summed E-state index contributed by atoms with van der Waals surface area (Å²) in [5.74, 6) is -1.13. The molecule has 1 aliphatic rings. The first kappa shape index (κ1) is 19.1. The molecule has 0 unspecified atom stereocenters. The summed E-state index contributed by atoms with van der Waals surface area (Å²) in [4.78, 5) is 14.7. The second kappa shape index (κ2) is 8.21. The Labute approximate surface area is 145 Å². The predicted octanol–water partition coefficient (Wildman–Crippen LogP) is 3.96. The van der Waals surface area contributed by atoms with Crippen molar-refractivity contribution in [1.82, 2.24) is 9.80 Å². The third kappa shape index (κ3) is 5.67. The third-order valence-electron chi connectivity index (χ3n) is 4.38. The Kier molecular flexibility index (Phi) is 6.52. The van der Waals surface area contributed by atoms with Gasteiger partial charge >= 0.3 is 12.1 Å². The largest absolute Gasteiger partial charge is 0.471 e. The minimum Gasteiger partial charge on any atom is -0.329 e. The second-order valence-electron chi connectivity index (χ2n) is 6.38. The molecule has 1 heterocycles. The summed E-state index contributed by atoms with van der Waals surface area (Å²) in [6, 6.07) is 6.50. The second-order valence-corrected chi connectivity index (χ2v) is 6.81. The highest BCUT2D eigenvalue weighted by atomic mass is 35.5. The molecular formula is C17H22ClF3N2O. The summed E-state index contributed by atoms with van der Waals surface area (Å²) in [5, 5.41) is 0.509. The quantitative estimate of drug-likeness (QED) is 0.791. The van der Waals surface area contributed by atoms with Gasteiger partial charge in [0, 0.05) is 24.7 Å². The van der Waals surface area contributed by atoms with E-state index in [1.807, 2.05) is 0 Å². The average molecular weight is 363 g/mol. The van der Waals surface area contributed by atoms with E-state index in [2.05, 4.69) is 11.8 Å². The van der Waals surface area contributed by atoms with E-state index < -0.39 is 12.1 Å². The van der Waals surface area contributed by atoms with Crippen LogP contribution in [0.3, 0.4) is 0 Å². The van der Waals surface area contributed by atoms with Crippen LogP contribution in [-0.4, -0.2) is 48.1 Å². The Morgan fingerprint density at radius 3 is 2.38 bits per heavy atom. The topological polar surface area (TPSA) is 23.6 Å². The summed E-state index contributed by atoms with van der Waals surface area (Å²) in [6.07, 6.45) is -2.77. The molecule has 24 heavy (non-hydrogen) atoms. The number of benzene rings is 1. The number of carbonyl (C=O) groups excluding carboxylic acids is 1. The number of rotatable bonds is 5. The fourth-order valence-corrected chi connectivity index (χ4v) is 2.92. The van der Waals surface area contributed by atoms with Crippen LogP contribution in [0.5, 0.6) is 0 Å². The smallest absolute Gasteiger partial charge is 0.329 e. The van der Waals surface area contributed by atoms with Crippen molar-refractivity contribution < 1.29 is 18.0 Å². The number of alkyl halides is 3. The molecule has 1 aromatic rings. The van der Waals surface area contributed by atoms with E-state index in [0.717, 1.165) is 30.8 Å². The lowest BCUT2D eigenvalue weighted by Crippen LogP contribution is -2.45. The number of likely N-dealkylation sites (tertiary alicyclic amines) is 1. The van der Waals surface area contributed by atoms with Gasteiger partial charge in [-0.2, -0.15) is 13.2 Å². The van der Waals surface area contributed by atoms with Gasteiger partial charge in [0.25, 0.3) is 0 Å². The Balaban J connectivity index is 1.99. The Morgan fingerprint density at radius 1 is 1.25 bits per heavy atom. The van der Waals surface area contributed by atoms with E-state index in [1.54, 1.807) is 24.3 Å². The maximum Gasteiger partial charge on any atom is 0.471 e. The normalized spacial score (nSPS) is 17.0. The first-order valence-corrected chi connectivity index (χ1v) is 8.46. The fourth-order valence-electron chi connectivity index (χ4n) is 2.79. The highest BCUT2D eigenvalue weighted by Crippen LogP contribution is 2.21. The van der Waals surface area contributed by atoms with Crippen LogP contribution >= 0.6 is 11.6 Å². The van der Waals surface area contributed by atoms with Crippen molar-refractivity contribution in [2.45, 2.75) is 32.5 Å². The van der Waals surface area contributed by atoms with Crippen LogP contribution in [0, 0.1) is 5.92 Å². The molecule has 0 spiro atoms. The molecule has 3 nitrogen and oxygen atoms in total. The van der Waals surface area contributed by atoms with Crippen molar-refractivity contribution >= 4 is 17.5 Å². The highest BCUT2D eigenvalue weighted by Gasteiger charge is 2.42. The van der Waals surface area contributed by atoms with Crippen LogP contribution in [0.4, 0.5) is 13.2 Å². The summed E-state index contributed by atoms with van der Waals surface area (Å²) >= 11 is 5.79. The van der Waals surface area contributed by atoms with Gasteiger partial charge < -0.3 is 9.80 Å². The molecule has 2 rings (SSSR count). The van der Waals surface area contributed by atoms with E-state index in [4.69, 9.17) is 11.6 Å². The van der Waals surface area contributed by atoms with Gasteiger partial charge in [-0.3, -0.25) is 4.79 Å². The molecule has 1 fully saturated rings. The Morgan fingerprint density at radius 2 is 1.83 bits per heavy atom. The van der Waals surface area contributed by atoms with Gasteiger partial charge in [0.1, 0.15) is 0 Å². The number of amides is 1. The lowest BCUT2D eigenvalue weighted by molar-refractivity contribution is -0.186. The molecule has 1 aliphatic heterocycles. The van der Waals surface area contributed by atoms with Crippen LogP contribution in [0.1, 0.15) is 25.3 Å². The SMILES string of the molecule is CC1CCN(CCN(Cc2ccc(Cl)cc2)C(=O)C(F)(F)F)CC1. The van der Waals surface area contributed by atoms with Crippen LogP contribution in [0.25, 0.3) is 0 Å². The Hall–Kier alpha value is -1.27. The van der Waals surface area contributed by atoms with Gasteiger partial charge in [-0.15, -0.1) is 0 Å². The van der Waals surface area contributed by atoms with E-state index in [-0.39, 0.29) is 13.1 Å². The Bertz CT molecular complexity index is 540. The van der Waals surface area contributed by atoms with Crippen molar-refractivity contribution in [3.05, 3.63) is 34.9 Å². The summed E-state index contributed by atoms with van der Waals surface area (Å²) < 4.78 is 38.6. The van der Waals surface area contributed by atoms with Gasteiger partial charge in [-0.25, -0.2) is 0 Å². The number of hydrogen-bond acceptors (Lipinski definition) is 2. The number of piperidine rings is 1. The lowest BCUT2D eigenvalue weighted by Gasteiger charge is -2.32. The summed E-state index contributed by atoms with van der Waals surface area (Å²) in [6.45, 7) is 4.38. The third-order valence-corrected chi connectivity index (χ3v) is 4.63. The maximum absolute atomic E-state index is 12.9. The summed E-state index contributed by atoms with van der Waals surface area (Å²) in [5.41, 5.74) is 0.629. The molecule has 7 heteroatoms. The van der Waals surface area contributed by atoms with E-state index in [9.17, 15) is 18.0 Å². The van der Waals surface area contributed by atoms with Gasteiger partial charge in [0.05, 0.1) is 0 Å². The molecule has 0 aromatic heterocycles. The van der Waals surface area contributed by atoms with Crippen molar-refractivity contribution in [1.29, 1.82) is 0 Å². The monoisotopic (exact) mass is 362 g/mol. The van der Waals surface area contributed by atoms with E-state index >= 15 is 0 Å². The molecule has 134 valence electrons. The first-order valence-electron chi connectivity index (χ1n) is 8.08. The zero-order valence-electron chi connectivity index (χ0n) is 13.7. The first-order chi connectivity index (χ1) is 11.3. The van der Waals surface area contributed by atoms with Gasteiger partial charge in [0.2, 0.25) is 0 Å². The number of carbonyl (C=O) groups is 1. The minimum atomic E-state index is -4.86. The fraction of sp³-hybridized carbons (Fsp3) is 0.588. The standard InChI is InChI=1S/C17H22ClF3N2O/c1-13-6-8-22(9-7-13)10-11-23(16(24)17(19,20)21)12-14-2-4-15(18)5-3-14/h2-5,13H,6-12H2,1H3. The lowest BCUT2D eigenvalue weighted by atomic mass is 9.99. The van der Waals surface area contributed by atoms with Crippen LogP contribution in [0.15, 0.2) is 24.3 Å². The molecule has 1 saturated heterocycles. The van der Waals surface area contributed by atoms with Gasteiger partial charge in [0.15, 0.2) is 0 Å². The summed E-state index contributed by atoms with van der Waals surface area (Å²) in [7, 11) is 0. The van der Waals surface area contributed by atoms with Crippen LogP contribution in [0.2, 0.25) is 5.02 Å². The zero-order valence-corrected chi connectivity index (χ0v) is 14.4. The number of nitrogens with zero attached hydrogens (tertiary/aromatic N) is 2. The number of halogens is 4. The molecule has 0 N–H and O–H groups in total. The molecule has 1 amide bonds. The molecule has 0 saturated carbocycles. The molecular weight excluding hydrogens is 341 g/mol. The van der Waals surface area contributed by atoms with Crippen molar-refractivity contribution in [2.75, 3.05) is 26.2 Å². The average Bonchev–Trinajstić information content (AvgIpc) is 2.53. The van der Waals surface area contributed by atoms with E-state index in [0.29, 0.717) is 23.0 Å². The maximum atomic E-state index is 12.9. The predicted molar refractivity (Wildman–Crippen MR) is 87.8 cm³/mol. The van der Waals surface area contributed by atoms with E-state index in [1.165, 1.54) is 0 Å². The van der Waals surface area contributed by atoms with Crippen molar-refractivity contribution in [3.8, 4) is 0 Å². The van der Waals surface area contributed by atoms with Crippen molar-refractivity contribution in [3.63, 3.8) is 0 Å². The van der Waals surface area contributed by atoms with Gasteiger partial charge in [-0.05, 0) is 49.5 Å². The zero-order chi connectivity index (χ0) is 17.7. The molecule has 1 aromatic carbocycles. The molecule has 0 bridgehead atoms. The molecule has 0 atom stereocenters. The van der Waals surface area contributed by atoms with Crippen molar-refractivity contribution in [2.24, 2.45) is 5.92 Å². The number of hydrogen-bond donors (Lipinski definition) is 0. The highest BCUT2D eigenvalue weighted by molar-refractivity contribution is 6.30.